The van der Waals surface area contributed by atoms with E-state index in [2.05, 4.69) is 59.5 Å². The summed E-state index contributed by atoms with van der Waals surface area (Å²) in [6, 6.07) is 19.9. The average Bonchev–Trinajstić information content (AvgIpc) is 2.56. The Labute approximate surface area is 124 Å². The quantitative estimate of drug-likeness (QED) is 0.660. The molecule has 0 amide bonds. The van der Waals surface area contributed by atoms with E-state index in [0.717, 1.165) is 32.8 Å². The second-order valence-electron chi connectivity index (χ2n) is 5.73. The number of ether oxygens (including phenoxy) is 1. The van der Waals surface area contributed by atoms with Crippen molar-refractivity contribution in [2.45, 2.75) is 6.54 Å². The van der Waals surface area contributed by atoms with Crippen molar-refractivity contribution < 1.29 is 4.74 Å². The van der Waals surface area contributed by atoms with Crippen LogP contribution in [0, 0.1) is 0 Å². The second-order valence-corrected chi connectivity index (χ2v) is 5.73. The van der Waals surface area contributed by atoms with Crippen LogP contribution in [0.1, 0.15) is 5.56 Å². The smallest absolute Gasteiger partial charge is 0.0594 e. The van der Waals surface area contributed by atoms with Gasteiger partial charge in [-0.05, 0) is 33.2 Å². The van der Waals surface area contributed by atoms with E-state index in [9.17, 15) is 0 Å². The van der Waals surface area contributed by atoms with Gasteiger partial charge in [-0.15, -0.1) is 0 Å². The molecule has 0 unspecified atom stereocenters. The minimum atomic E-state index is 0.858. The van der Waals surface area contributed by atoms with E-state index < -0.39 is 0 Å². The molecule has 0 radical (unpaired) electrons. The van der Waals surface area contributed by atoms with Crippen LogP contribution >= 0.6 is 0 Å². The van der Waals surface area contributed by atoms with Crippen molar-refractivity contribution in [3.8, 4) is 0 Å². The first-order chi connectivity index (χ1) is 10.4. The molecular formula is C19H19NO. The molecule has 0 saturated carbocycles. The Bertz CT molecular complexity index is 775. The Morgan fingerprint density at radius 3 is 2.38 bits per heavy atom. The van der Waals surface area contributed by atoms with Gasteiger partial charge < -0.3 is 4.74 Å². The van der Waals surface area contributed by atoms with Gasteiger partial charge in [-0.3, -0.25) is 4.90 Å². The van der Waals surface area contributed by atoms with E-state index >= 15 is 0 Å². The van der Waals surface area contributed by atoms with Crippen molar-refractivity contribution in [2.24, 2.45) is 0 Å². The summed E-state index contributed by atoms with van der Waals surface area (Å²) in [7, 11) is 0. The first-order valence-corrected chi connectivity index (χ1v) is 7.61. The van der Waals surface area contributed by atoms with E-state index in [0.29, 0.717) is 0 Å². The predicted molar refractivity (Wildman–Crippen MR) is 87.6 cm³/mol. The molecule has 3 aromatic rings. The number of morpholine rings is 1. The Kier molecular flexibility index (Phi) is 3.34. The molecule has 0 aliphatic carbocycles. The fourth-order valence-electron chi connectivity index (χ4n) is 3.17. The molecule has 0 N–H and O–H groups in total. The van der Waals surface area contributed by atoms with Crippen molar-refractivity contribution >= 4 is 21.5 Å². The lowest BCUT2D eigenvalue weighted by molar-refractivity contribution is 0.0342. The number of hydrogen-bond acceptors (Lipinski definition) is 2. The third-order valence-corrected chi connectivity index (χ3v) is 4.32. The molecule has 21 heavy (non-hydrogen) atoms. The van der Waals surface area contributed by atoms with Gasteiger partial charge >= 0.3 is 0 Å². The van der Waals surface area contributed by atoms with E-state index in [1.54, 1.807) is 0 Å². The topological polar surface area (TPSA) is 12.5 Å². The van der Waals surface area contributed by atoms with Crippen LogP contribution in [0.3, 0.4) is 0 Å². The summed E-state index contributed by atoms with van der Waals surface area (Å²) in [5, 5.41) is 5.34. The average molecular weight is 277 g/mol. The fourth-order valence-corrected chi connectivity index (χ4v) is 3.17. The Hall–Kier alpha value is -1.90. The summed E-state index contributed by atoms with van der Waals surface area (Å²) in [4.78, 5) is 2.47. The third kappa shape index (κ3) is 2.53. The molecule has 2 nitrogen and oxygen atoms in total. The summed E-state index contributed by atoms with van der Waals surface area (Å²) in [5.41, 5.74) is 1.39. The molecule has 1 heterocycles. The maximum absolute atomic E-state index is 5.42. The summed E-state index contributed by atoms with van der Waals surface area (Å²) in [6.45, 7) is 4.80. The first kappa shape index (κ1) is 12.8. The molecule has 106 valence electrons. The maximum atomic E-state index is 5.42. The molecule has 0 spiro atoms. The number of rotatable bonds is 2. The van der Waals surface area contributed by atoms with E-state index in [1.165, 1.54) is 27.1 Å². The van der Waals surface area contributed by atoms with Gasteiger partial charge in [-0.25, -0.2) is 0 Å². The predicted octanol–water partition coefficient (Wildman–Crippen LogP) is 3.83. The number of benzene rings is 3. The third-order valence-electron chi connectivity index (χ3n) is 4.32. The maximum Gasteiger partial charge on any atom is 0.0594 e. The SMILES string of the molecule is c1ccc2c(c1)ccc1ccc(CN3CCOCC3)cc12. The zero-order valence-corrected chi connectivity index (χ0v) is 12.1. The monoisotopic (exact) mass is 277 g/mol. The zero-order chi connectivity index (χ0) is 14.1. The lowest BCUT2D eigenvalue weighted by Crippen LogP contribution is -2.35. The van der Waals surface area contributed by atoms with Gasteiger partial charge in [0.15, 0.2) is 0 Å². The fraction of sp³-hybridized carbons (Fsp3) is 0.263. The van der Waals surface area contributed by atoms with Crippen LogP contribution in [0.4, 0.5) is 0 Å². The van der Waals surface area contributed by atoms with Crippen LogP contribution in [0.15, 0.2) is 54.6 Å². The Morgan fingerprint density at radius 2 is 1.52 bits per heavy atom. The number of nitrogens with zero attached hydrogens (tertiary/aromatic N) is 1. The Balaban J connectivity index is 1.75. The highest BCUT2D eigenvalue weighted by Gasteiger charge is 2.11. The molecule has 4 rings (SSSR count). The molecule has 0 aromatic heterocycles. The molecule has 0 bridgehead atoms. The van der Waals surface area contributed by atoms with E-state index in [1.807, 2.05) is 0 Å². The van der Waals surface area contributed by atoms with Crippen molar-refractivity contribution in [1.29, 1.82) is 0 Å². The van der Waals surface area contributed by atoms with Gasteiger partial charge in [0.2, 0.25) is 0 Å². The molecule has 1 aliphatic heterocycles. The lowest BCUT2D eigenvalue weighted by Gasteiger charge is -2.26. The molecule has 1 aliphatic rings. The van der Waals surface area contributed by atoms with Gasteiger partial charge in [0.05, 0.1) is 13.2 Å². The van der Waals surface area contributed by atoms with Crippen LogP contribution < -0.4 is 0 Å². The minimum absolute atomic E-state index is 0.858. The van der Waals surface area contributed by atoms with Crippen LogP contribution in [0.5, 0.6) is 0 Å². The Morgan fingerprint density at radius 1 is 0.810 bits per heavy atom. The van der Waals surface area contributed by atoms with E-state index in [4.69, 9.17) is 4.74 Å². The van der Waals surface area contributed by atoms with Crippen molar-refractivity contribution in [3.63, 3.8) is 0 Å². The van der Waals surface area contributed by atoms with Crippen LogP contribution in [0.2, 0.25) is 0 Å². The molecular weight excluding hydrogens is 258 g/mol. The first-order valence-electron chi connectivity index (χ1n) is 7.61. The normalized spacial score (nSPS) is 16.6. The minimum Gasteiger partial charge on any atom is -0.379 e. The zero-order valence-electron chi connectivity index (χ0n) is 12.1. The number of fused-ring (bicyclic) bond motifs is 3. The van der Waals surface area contributed by atoms with Crippen molar-refractivity contribution in [2.75, 3.05) is 26.3 Å². The summed E-state index contributed by atoms with van der Waals surface area (Å²) < 4.78 is 5.42. The largest absolute Gasteiger partial charge is 0.379 e. The molecule has 1 saturated heterocycles. The van der Waals surface area contributed by atoms with Gasteiger partial charge in [0.1, 0.15) is 0 Å². The second kappa shape index (κ2) is 5.47. The highest BCUT2D eigenvalue weighted by molar-refractivity contribution is 6.07. The highest BCUT2D eigenvalue weighted by atomic mass is 16.5. The van der Waals surface area contributed by atoms with Crippen molar-refractivity contribution in [3.05, 3.63) is 60.2 Å². The molecule has 1 fully saturated rings. The van der Waals surface area contributed by atoms with Crippen LogP contribution in [-0.4, -0.2) is 31.2 Å². The summed E-state index contributed by atoms with van der Waals surface area (Å²) >= 11 is 0. The van der Waals surface area contributed by atoms with Gasteiger partial charge in [0, 0.05) is 19.6 Å². The van der Waals surface area contributed by atoms with Crippen molar-refractivity contribution in [1.82, 2.24) is 4.90 Å². The van der Waals surface area contributed by atoms with Crippen LogP contribution in [0.25, 0.3) is 21.5 Å². The van der Waals surface area contributed by atoms with Gasteiger partial charge in [0.25, 0.3) is 0 Å². The number of hydrogen-bond donors (Lipinski definition) is 0. The molecule has 2 heteroatoms. The lowest BCUT2D eigenvalue weighted by atomic mass is 10.00. The standard InChI is InChI=1S/C19H19NO/c1-2-4-18-16(3-1)7-8-17-6-5-15(13-19(17)18)14-20-9-11-21-12-10-20/h1-8,13H,9-12,14H2. The van der Waals surface area contributed by atoms with E-state index in [-0.39, 0.29) is 0 Å². The van der Waals surface area contributed by atoms with Crippen LogP contribution in [-0.2, 0) is 11.3 Å². The summed E-state index contributed by atoms with van der Waals surface area (Å²) in [6.07, 6.45) is 0. The molecule has 3 aromatic carbocycles. The van der Waals surface area contributed by atoms with Gasteiger partial charge in [-0.2, -0.15) is 0 Å². The molecule has 0 atom stereocenters. The highest BCUT2D eigenvalue weighted by Crippen LogP contribution is 2.26. The van der Waals surface area contributed by atoms with Gasteiger partial charge in [-0.1, -0.05) is 48.5 Å². The summed E-state index contributed by atoms with van der Waals surface area (Å²) in [5.74, 6) is 0.